The van der Waals surface area contributed by atoms with E-state index in [4.69, 9.17) is 0 Å². The molecule has 7 heteroatoms. The van der Waals surface area contributed by atoms with Gasteiger partial charge in [-0.2, -0.15) is 9.78 Å². The lowest BCUT2D eigenvalue weighted by molar-refractivity contribution is 0.0781. The molecule has 1 aliphatic rings. The van der Waals surface area contributed by atoms with Gasteiger partial charge in [-0.05, 0) is 68.0 Å². The van der Waals surface area contributed by atoms with Gasteiger partial charge in [-0.15, -0.1) is 0 Å². The summed E-state index contributed by atoms with van der Waals surface area (Å²) in [6.07, 6.45) is 1.81. The highest BCUT2D eigenvalue weighted by molar-refractivity contribution is 5.92. The van der Waals surface area contributed by atoms with E-state index < -0.39 is 17.2 Å². The molecule has 0 unspecified atom stereocenters. The molecule has 1 aromatic heterocycles. The van der Waals surface area contributed by atoms with Gasteiger partial charge in [0.05, 0.1) is 12.2 Å². The number of nitrogens with zero attached hydrogens (tertiary/aromatic N) is 4. The van der Waals surface area contributed by atoms with Crippen LogP contribution in [0.5, 0.6) is 0 Å². The first kappa shape index (κ1) is 20.8. The Labute approximate surface area is 180 Å². The molecule has 0 atom stereocenters. The van der Waals surface area contributed by atoms with Gasteiger partial charge in [-0.1, -0.05) is 30.3 Å². The maximum absolute atomic E-state index is 13.3. The number of likely N-dealkylation sites (tertiary alicyclic amines) is 1. The van der Waals surface area contributed by atoms with Crippen molar-refractivity contribution in [3.63, 3.8) is 0 Å². The summed E-state index contributed by atoms with van der Waals surface area (Å²) < 4.78 is 2.29. The van der Waals surface area contributed by atoms with E-state index in [1.54, 1.807) is 11.0 Å². The summed E-state index contributed by atoms with van der Waals surface area (Å²) in [4.78, 5) is 41.3. The van der Waals surface area contributed by atoms with E-state index in [1.807, 2.05) is 57.2 Å². The zero-order chi connectivity index (χ0) is 22.1. The molecule has 4 rings (SSSR count). The van der Waals surface area contributed by atoms with Gasteiger partial charge < -0.3 is 4.90 Å². The Kier molecular flexibility index (Phi) is 5.59. The first-order valence-electron chi connectivity index (χ1n) is 10.5. The molecule has 2 aromatic carbocycles. The average molecular weight is 418 g/mol. The standard InChI is InChI=1S/C24H26N4O3/c1-16-10-11-20(14-18(16)3)28-24(31)27(15-19-9-5-4-8-17(19)2)23(30)21(25-28)22(29)26-12-6-7-13-26/h4-5,8-11,14H,6-7,12-13,15H2,1-3H3. The van der Waals surface area contributed by atoms with Crippen LogP contribution in [0.15, 0.2) is 52.1 Å². The van der Waals surface area contributed by atoms with E-state index in [-0.39, 0.29) is 12.2 Å². The van der Waals surface area contributed by atoms with Crippen LogP contribution in [-0.4, -0.2) is 38.2 Å². The molecule has 7 nitrogen and oxygen atoms in total. The van der Waals surface area contributed by atoms with E-state index in [1.165, 1.54) is 4.68 Å². The Bertz CT molecular complexity index is 1270. The van der Waals surface area contributed by atoms with Gasteiger partial charge >= 0.3 is 5.69 Å². The van der Waals surface area contributed by atoms with Crippen molar-refractivity contribution in [2.45, 2.75) is 40.2 Å². The number of amides is 1. The van der Waals surface area contributed by atoms with Crippen molar-refractivity contribution in [3.05, 3.63) is 91.3 Å². The van der Waals surface area contributed by atoms with Crippen LogP contribution >= 0.6 is 0 Å². The largest absolute Gasteiger partial charge is 0.352 e. The smallest absolute Gasteiger partial charge is 0.337 e. The van der Waals surface area contributed by atoms with Crippen molar-refractivity contribution in [2.24, 2.45) is 0 Å². The first-order chi connectivity index (χ1) is 14.9. The molecular weight excluding hydrogens is 392 g/mol. The minimum atomic E-state index is -0.648. The van der Waals surface area contributed by atoms with Crippen LogP contribution < -0.4 is 11.2 Å². The summed E-state index contributed by atoms with van der Waals surface area (Å²) in [6, 6.07) is 13.1. The van der Waals surface area contributed by atoms with Gasteiger partial charge in [-0.25, -0.2) is 4.79 Å². The minimum Gasteiger partial charge on any atom is -0.337 e. The molecule has 0 bridgehead atoms. The van der Waals surface area contributed by atoms with Crippen molar-refractivity contribution in [2.75, 3.05) is 13.1 Å². The number of benzene rings is 2. The number of rotatable bonds is 4. The Hall–Kier alpha value is -3.48. The van der Waals surface area contributed by atoms with Crippen LogP contribution in [0.2, 0.25) is 0 Å². The summed E-state index contributed by atoms with van der Waals surface area (Å²) in [5, 5.41) is 4.26. The molecule has 3 aromatic rings. The quantitative estimate of drug-likeness (QED) is 0.653. The molecule has 31 heavy (non-hydrogen) atoms. The van der Waals surface area contributed by atoms with Crippen LogP contribution in [0.25, 0.3) is 5.69 Å². The highest BCUT2D eigenvalue weighted by Gasteiger charge is 2.26. The molecule has 1 saturated heterocycles. The van der Waals surface area contributed by atoms with Gasteiger partial charge in [0.2, 0.25) is 5.69 Å². The maximum Gasteiger partial charge on any atom is 0.352 e. The van der Waals surface area contributed by atoms with E-state index >= 15 is 0 Å². The van der Waals surface area contributed by atoms with E-state index in [9.17, 15) is 14.4 Å². The highest BCUT2D eigenvalue weighted by Crippen LogP contribution is 2.14. The molecule has 0 N–H and O–H groups in total. The number of hydrogen-bond donors (Lipinski definition) is 0. The average Bonchev–Trinajstić information content (AvgIpc) is 3.29. The first-order valence-corrected chi connectivity index (χ1v) is 10.5. The molecule has 0 saturated carbocycles. The predicted molar refractivity (Wildman–Crippen MR) is 119 cm³/mol. The number of carbonyl (C=O) groups is 1. The number of aromatic nitrogens is 3. The van der Waals surface area contributed by atoms with Crippen LogP contribution in [0, 0.1) is 20.8 Å². The summed E-state index contributed by atoms with van der Waals surface area (Å²) in [5.41, 5.74) is 3.00. The van der Waals surface area contributed by atoms with Crippen molar-refractivity contribution in [3.8, 4) is 5.69 Å². The molecule has 0 spiro atoms. The van der Waals surface area contributed by atoms with Crippen LogP contribution in [-0.2, 0) is 6.54 Å². The zero-order valence-electron chi connectivity index (χ0n) is 18.1. The zero-order valence-corrected chi connectivity index (χ0v) is 18.1. The molecular formula is C24H26N4O3. The van der Waals surface area contributed by atoms with Crippen molar-refractivity contribution < 1.29 is 4.79 Å². The second-order valence-electron chi connectivity index (χ2n) is 8.13. The van der Waals surface area contributed by atoms with Crippen LogP contribution in [0.4, 0.5) is 0 Å². The summed E-state index contributed by atoms with van der Waals surface area (Å²) >= 11 is 0. The molecule has 160 valence electrons. The second-order valence-corrected chi connectivity index (χ2v) is 8.13. The molecule has 0 radical (unpaired) electrons. The van der Waals surface area contributed by atoms with Crippen LogP contribution in [0.3, 0.4) is 0 Å². The normalized spacial score (nSPS) is 13.6. The minimum absolute atomic E-state index is 0.0813. The molecule has 1 fully saturated rings. The fourth-order valence-electron chi connectivity index (χ4n) is 3.84. The SMILES string of the molecule is Cc1ccc(-n2nc(C(=O)N3CCCC3)c(=O)n(Cc3ccccc3C)c2=O)cc1C. The van der Waals surface area contributed by atoms with Crippen molar-refractivity contribution in [1.29, 1.82) is 0 Å². The summed E-state index contributed by atoms with van der Waals surface area (Å²) in [5.74, 6) is -0.418. The molecule has 1 amide bonds. The lowest BCUT2D eigenvalue weighted by Gasteiger charge is -2.17. The van der Waals surface area contributed by atoms with Gasteiger partial charge in [0, 0.05) is 13.1 Å². The molecule has 1 aliphatic heterocycles. The lowest BCUT2D eigenvalue weighted by atomic mass is 10.1. The maximum atomic E-state index is 13.3. The Morgan fingerprint density at radius 1 is 0.935 bits per heavy atom. The summed E-state index contributed by atoms with van der Waals surface area (Å²) in [6.45, 7) is 7.14. The van der Waals surface area contributed by atoms with E-state index in [2.05, 4.69) is 5.10 Å². The number of hydrogen-bond acceptors (Lipinski definition) is 4. The monoisotopic (exact) mass is 418 g/mol. The van der Waals surface area contributed by atoms with E-state index in [0.717, 1.165) is 39.7 Å². The number of aryl methyl sites for hydroxylation is 3. The van der Waals surface area contributed by atoms with Crippen LogP contribution in [0.1, 0.15) is 45.6 Å². The molecule has 0 aliphatic carbocycles. The van der Waals surface area contributed by atoms with Gasteiger partial charge in [-0.3, -0.25) is 14.2 Å². The summed E-state index contributed by atoms with van der Waals surface area (Å²) in [7, 11) is 0. The lowest BCUT2D eigenvalue weighted by Crippen LogP contribution is -2.46. The highest BCUT2D eigenvalue weighted by atomic mass is 16.2. The molecule has 2 heterocycles. The number of carbonyl (C=O) groups excluding carboxylic acids is 1. The fraction of sp³-hybridized carbons (Fsp3) is 0.333. The topological polar surface area (TPSA) is 77.2 Å². The Morgan fingerprint density at radius 3 is 2.32 bits per heavy atom. The fourth-order valence-corrected chi connectivity index (χ4v) is 3.84. The van der Waals surface area contributed by atoms with Crippen molar-refractivity contribution in [1.82, 2.24) is 19.2 Å². The Balaban J connectivity index is 1.92. The van der Waals surface area contributed by atoms with Crippen molar-refractivity contribution >= 4 is 5.91 Å². The van der Waals surface area contributed by atoms with E-state index in [0.29, 0.717) is 18.8 Å². The third-order valence-electron chi connectivity index (χ3n) is 5.98. The second kappa shape index (κ2) is 8.34. The van der Waals surface area contributed by atoms with Gasteiger partial charge in [0.15, 0.2) is 0 Å². The van der Waals surface area contributed by atoms with Gasteiger partial charge in [0.1, 0.15) is 0 Å². The third-order valence-corrected chi connectivity index (χ3v) is 5.98. The Morgan fingerprint density at radius 2 is 1.65 bits per heavy atom. The third kappa shape index (κ3) is 3.95. The predicted octanol–water partition coefficient (Wildman–Crippen LogP) is 2.60. The van der Waals surface area contributed by atoms with Gasteiger partial charge in [0.25, 0.3) is 11.5 Å².